The van der Waals surface area contributed by atoms with Crippen LogP contribution < -0.4 is 5.32 Å². The summed E-state index contributed by atoms with van der Waals surface area (Å²) in [6.45, 7) is 2.95. The Morgan fingerprint density at radius 2 is 2.36 bits per heavy atom. The molecule has 0 atom stereocenters. The van der Waals surface area contributed by atoms with Gasteiger partial charge < -0.3 is 15.2 Å². The van der Waals surface area contributed by atoms with Crippen LogP contribution in [0.3, 0.4) is 0 Å². The molecule has 0 radical (unpaired) electrons. The van der Waals surface area contributed by atoms with E-state index in [0.717, 1.165) is 6.42 Å². The fourth-order valence-electron chi connectivity index (χ4n) is 1.38. The normalized spacial score (nSPS) is 17.9. The zero-order valence-electron chi connectivity index (χ0n) is 8.53. The van der Waals surface area contributed by atoms with Crippen LogP contribution in [-0.2, 0) is 9.53 Å². The monoisotopic (exact) mass is 202 g/mol. The van der Waals surface area contributed by atoms with Crippen LogP contribution in [0.5, 0.6) is 0 Å². The van der Waals surface area contributed by atoms with Crippen LogP contribution in [0, 0.1) is 0 Å². The van der Waals surface area contributed by atoms with Gasteiger partial charge in [-0.3, -0.25) is 9.69 Å². The first-order valence-corrected chi connectivity index (χ1v) is 4.88. The van der Waals surface area contributed by atoms with Gasteiger partial charge in [-0.25, -0.2) is 0 Å². The van der Waals surface area contributed by atoms with Crippen molar-refractivity contribution in [3.8, 4) is 0 Å². The van der Waals surface area contributed by atoms with Gasteiger partial charge >= 0.3 is 0 Å². The van der Waals surface area contributed by atoms with Crippen LogP contribution in [0.25, 0.3) is 0 Å². The Labute approximate surface area is 84.0 Å². The number of nitrogens with one attached hydrogen (secondary N) is 1. The summed E-state index contributed by atoms with van der Waals surface area (Å²) in [7, 11) is 1.64. The lowest BCUT2D eigenvalue weighted by molar-refractivity contribution is -0.124. The molecule has 14 heavy (non-hydrogen) atoms. The van der Waals surface area contributed by atoms with Gasteiger partial charge in [0.15, 0.2) is 0 Å². The molecule has 0 saturated carbocycles. The summed E-state index contributed by atoms with van der Waals surface area (Å²) in [6, 6.07) is 0. The molecule has 2 N–H and O–H groups in total. The Balaban J connectivity index is 1.94. The van der Waals surface area contributed by atoms with Crippen molar-refractivity contribution in [3.05, 3.63) is 0 Å². The van der Waals surface area contributed by atoms with Gasteiger partial charge in [-0.2, -0.15) is 0 Å². The number of carbonyl (C=O) groups is 1. The number of β-amino-alcohol motifs (C(OH)–C–C–N with tert-alkyl or cyclic N) is 1. The molecule has 1 fully saturated rings. The molecule has 0 aliphatic carbocycles. The van der Waals surface area contributed by atoms with E-state index in [2.05, 4.69) is 5.32 Å². The Morgan fingerprint density at radius 3 is 2.93 bits per heavy atom. The number of ether oxygens (including phenoxy) is 1. The largest absolute Gasteiger partial charge is 0.390 e. The maximum atomic E-state index is 11.2. The standard InChI is InChI=1S/C9H18N2O3/c1-14-4-2-3-10-9(13)7-11-5-8(12)6-11/h8,12H,2-7H2,1H3,(H,10,13). The first-order chi connectivity index (χ1) is 6.72. The molecule has 5 heteroatoms. The minimum atomic E-state index is -0.240. The zero-order valence-corrected chi connectivity index (χ0v) is 8.53. The Bertz CT molecular complexity index is 181. The van der Waals surface area contributed by atoms with E-state index in [9.17, 15) is 4.79 Å². The second kappa shape index (κ2) is 5.95. The number of amides is 1. The lowest BCUT2D eigenvalue weighted by Crippen LogP contribution is -2.54. The molecule has 0 aromatic heterocycles. The lowest BCUT2D eigenvalue weighted by atomic mass is 10.2. The van der Waals surface area contributed by atoms with Gasteiger partial charge in [0, 0.05) is 33.4 Å². The third-order valence-corrected chi connectivity index (χ3v) is 2.15. The summed E-state index contributed by atoms with van der Waals surface area (Å²) < 4.78 is 4.86. The van der Waals surface area contributed by atoms with Crippen LogP contribution >= 0.6 is 0 Å². The van der Waals surface area contributed by atoms with Gasteiger partial charge in [0.1, 0.15) is 0 Å². The summed E-state index contributed by atoms with van der Waals surface area (Å²) in [5.74, 6) is 0.0213. The number of carbonyl (C=O) groups excluding carboxylic acids is 1. The maximum absolute atomic E-state index is 11.2. The van der Waals surface area contributed by atoms with Gasteiger partial charge in [0.05, 0.1) is 12.6 Å². The first-order valence-electron chi connectivity index (χ1n) is 4.88. The molecule has 0 unspecified atom stereocenters. The molecule has 0 aromatic rings. The van der Waals surface area contributed by atoms with Crippen molar-refractivity contribution in [1.29, 1.82) is 0 Å². The van der Waals surface area contributed by atoms with E-state index in [1.165, 1.54) is 0 Å². The van der Waals surface area contributed by atoms with Crippen molar-refractivity contribution in [2.45, 2.75) is 12.5 Å². The predicted octanol–water partition coefficient (Wildman–Crippen LogP) is -1.18. The summed E-state index contributed by atoms with van der Waals surface area (Å²) in [5, 5.41) is 11.8. The van der Waals surface area contributed by atoms with Gasteiger partial charge in [0.25, 0.3) is 0 Å². The van der Waals surface area contributed by atoms with E-state index in [0.29, 0.717) is 32.8 Å². The van der Waals surface area contributed by atoms with Crippen molar-refractivity contribution < 1.29 is 14.6 Å². The number of hydrogen-bond donors (Lipinski definition) is 2. The van der Waals surface area contributed by atoms with Crippen LogP contribution in [0.2, 0.25) is 0 Å². The predicted molar refractivity (Wildman–Crippen MR) is 51.9 cm³/mol. The second-order valence-corrected chi connectivity index (χ2v) is 3.54. The van der Waals surface area contributed by atoms with Crippen molar-refractivity contribution in [2.75, 3.05) is 39.9 Å². The molecular weight excluding hydrogens is 184 g/mol. The topological polar surface area (TPSA) is 61.8 Å². The van der Waals surface area contributed by atoms with Crippen molar-refractivity contribution in [3.63, 3.8) is 0 Å². The molecule has 1 heterocycles. The highest BCUT2D eigenvalue weighted by Crippen LogP contribution is 2.05. The molecule has 1 rings (SSSR count). The average Bonchev–Trinajstić information content (AvgIpc) is 2.10. The highest BCUT2D eigenvalue weighted by atomic mass is 16.5. The molecule has 0 spiro atoms. The highest BCUT2D eigenvalue weighted by Gasteiger charge is 2.25. The molecule has 0 aromatic carbocycles. The lowest BCUT2D eigenvalue weighted by Gasteiger charge is -2.34. The van der Waals surface area contributed by atoms with E-state index < -0.39 is 0 Å². The third-order valence-electron chi connectivity index (χ3n) is 2.15. The highest BCUT2D eigenvalue weighted by molar-refractivity contribution is 5.78. The second-order valence-electron chi connectivity index (χ2n) is 3.54. The van der Waals surface area contributed by atoms with Gasteiger partial charge in [0.2, 0.25) is 5.91 Å². The van der Waals surface area contributed by atoms with Gasteiger partial charge in [-0.05, 0) is 6.42 Å². The molecule has 1 amide bonds. The molecule has 82 valence electrons. The third kappa shape index (κ3) is 4.04. The SMILES string of the molecule is COCCCNC(=O)CN1CC(O)C1. The number of aliphatic hydroxyl groups is 1. The summed E-state index contributed by atoms with van der Waals surface area (Å²) in [5.41, 5.74) is 0. The van der Waals surface area contributed by atoms with Gasteiger partial charge in [-0.15, -0.1) is 0 Å². The van der Waals surface area contributed by atoms with Crippen molar-refractivity contribution >= 4 is 5.91 Å². The van der Waals surface area contributed by atoms with Crippen LogP contribution in [0.15, 0.2) is 0 Å². The van der Waals surface area contributed by atoms with Crippen LogP contribution in [0.1, 0.15) is 6.42 Å². The molecule has 1 aliphatic heterocycles. The van der Waals surface area contributed by atoms with Crippen molar-refractivity contribution in [1.82, 2.24) is 10.2 Å². The smallest absolute Gasteiger partial charge is 0.234 e. The fourth-order valence-corrected chi connectivity index (χ4v) is 1.38. The molecule has 0 bridgehead atoms. The first kappa shape index (κ1) is 11.4. The van der Waals surface area contributed by atoms with Crippen LogP contribution in [0.4, 0.5) is 0 Å². The van der Waals surface area contributed by atoms with E-state index in [-0.39, 0.29) is 12.0 Å². The number of hydrogen-bond acceptors (Lipinski definition) is 4. The quantitative estimate of drug-likeness (QED) is 0.532. The maximum Gasteiger partial charge on any atom is 0.234 e. The Morgan fingerprint density at radius 1 is 1.64 bits per heavy atom. The summed E-state index contributed by atoms with van der Waals surface area (Å²) in [6.07, 6.45) is 0.599. The van der Waals surface area contributed by atoms with E-state index in [1.54, 1.807) is 7.11 Å². The molecule has 5 nitrogen and oxygen atoms in total. The molecular formula is C9H18N2O3. The molecule has 1 aliphatic rings. The van der Waals surface area contributed by atoms with Gasteiger partial charge in [-0.1, -0.05) is 0 Å². The fraction of sp³-hybridized carbons (Fsp3) is 0.889. The average molecular weight is 202 g/mol. The Kier molecular flexibility index (Phi) is 4.86. The van der Waals surface area contributed by atoms with Crippen molar-refractivity contribution in [2.24, 2.45) is 0 Å². The Hall–Kier alpha value is -0.650. The number of rotatable bonds is 6. The van der Waals surface area contributed by atoms with E-state index in [4.69, 9.17) is 9.84 Å². The molecule has 1 saturated heterocycles. The van der Waals surface area contributed by atoms with E-state index in [1.807, 2.05) is 4.90 Å². The minimum absolute atomic E-state index is 0.0213. The number of likely N-dealkylation sites (tertiary alicyclic amines) is 1. The number of methoxy groups -OCH3 is 1. The number of nitrogens with zero attached hydrogens (tertiary/aromatic N) is 1. The summed E-state index contributed by atoms with van der Waals surface area (Å²) in [4.78, 5) is 13.2. The zero-order chi connectivity index (χ0) is 10.4. The summed E-state index contributed by atoms with van der Waals surface area (Å²) >= 11 is 0. The number of aliphatic hydroxyl groups excluding tert-OH is 1. The van der Waals surface area contributed by atoms with E-state index >= 15 is 0 Å². The van der Waals surface area contributed by atoms with Crippen LogP contribution in [-0.4, -0.2) is 61.9 Å². The minimum Gasteiger partial charge on any atom is -0.390 e.